The van der Waals surface area contributed by atoms with E-state index in [9.17, 15) is 8.42 Å². The van der Waals surface area contributed by atoms with Gasteiger partial charge in [-0.2, -0.15) is 0 Å². The van der Waals surface area contributed by atoms with Gasteiger partial charge in [-0.1, -0.05) is 11.6 Å². The largest absolute Gasteiger partial charge is 0.378 e. The fourth-order valence-electron chi connectivity index (χ4n) is 2.73. The van der Waals surface area contributed by atoms with Crippen LogP contribution in [0.1, 0.15) is 13.3 Å². The standard InChI is InChI=1S/C17H28ClN5O3S/c1-3-19-17(21-8-10-26-11-12-27(2,24)25)22-14-6-9-23(13-14)16-15(18)5-4-7-20-16/h4-5,7,14H,3,6,8-13H2,1-2H3,(H2,19,21,22). The third-order valence-corrected chi connectivity index (χ3v) is 5.22. The van der Waals surface area contributed by atoms with E-state index >= 15 is 0 Å². The van der Waals surface area contributed by atoms with Crippen LogP contribution in [0.3, 0.4) is 0 Å². The molecule has 10 heteroatoms. The van der Waals surface area contributed by atoms with Crippen LogP contribution in [0.15, 0.2) is 23.3 Å². The Hall–Kier alpha value is -1.58. The highest BCUT2D eigenvalue weighted by molar-refractivity contribution is 7.90. The Morgan fingerprint density at radius 2 is 2.30 bits per heavy atom. The van der Waals surface area contributed by atoms with Crippen molar-refractivity contribution in [3.05, 3.63) is 23.4 Å². The van der Waals surface area contributed by atoms with Crippen LogP contribution >= 0.6 is 11.6 Å². The first-order chi connectivity index (χ1) is 12.9. The van der Waals surface area contributed by atoms with Gasteiger partial charge in [-0.15, -0.1) is 0 Å². The van der Waals surface area contributed by atoms with Crippen molar-refractivity contribution in [2.45, 2.75) is 19.4 Å². The quantitative estimate of drug-likeness (QED) is 0.350. The summed E-state index contributed by atoms with van der Waals surface area (Å²) in [5.41, 5.74) is 0. The van der Waals surface area contributed by atoms with Crippen molar-refractivity contribution in [1.29, 1.82) is 0 Å². The summed E-state index contributed by atoms with van der Waals surface area (Å²) in [5.74, 6) is 1.57. The number of pyridine rings is 1. The van der Waals surface area contributed by atoms with Crippen LogP contribution < -0.4 is 15.5 Å². The van der Waals surface area contributed by atoms with Gasteiger partial charge in [0, 0.05) is 38.1 Å². The van der Waals surface area contributed by atoms with E-state index in [2.05, 4.69) is 25.5 Å². The molecule has 1 aliphatic heterocycles. The number of nitrogens with one attached hydrogen (secondary N) is 2. The number of anilines is 1. The smallest absolute Gasteiger partial charge is 0.191 e. The summed E-state index contributed by atoms with van der Waals surface area (Å²) < 4.78 is 27.4. The first kappa shape index (κ1) is 21.7. The highest BCUT2D eigenvalue weighted by atomic mass is 35.5. The monoisotopic (exact) mass is 417 g/mol. The Bertz CT molecular complexity index is 729. The summed E-state index contributed by atoms with van der Waals surface area (Å²) in [7, 11) is -2.99. The average molecular weight is 418 g/mol. The Morgan fingerprint density at radius 1 is 1.48 bits per heavy atom. The maximum Gasteiger partial charge on any atom is 0.191 e. The topological polar surface area (TPSA) is 95.9 Å². The molecule has 2 rings (SSSR count). The van der Waals surface area contributed by atoms with E-state index in [1.54, 1.807) is 6.20 Å². The molecule has 1 aromatic rings. The molecule has 1 fully saturated rings. The second kappa shape index (κ2) is 10.7. The molecule has 152 valence electrons. The van der Waals surface area contributed by atoms with Crippen molar-refractivity contribution < 1.29 is 13.2 Å². The van der Waals surface area contributed by atoms with Gasteiger partial charge in [0.05, 0.1) is 30.5 Å². The second-order valence-electron chi connectivity index (χ2n) is 6.39. The first-order valence-corrected chi connectivity index (χ1v) is 11.5. The van der Waals surface area contributed by atoms with Gasteiger partial charge < -0.3 is 20.3 Å². The Kier molecular flexibility index (Phi) is 8.59. The van der Waals surface area contributed by atoms with Gasteiger partial charge in [-0.05, 0) is 25.5 Å². The third kappa shape index (κ3) is 7.90. The zero-order chi connectivity index (χ0) is 19.7. The molecule has 1 unspecified atom stereocenters. The molecule has 1 atom stereocenters. The number of sulfone groups is 1. The fourth-order valence-corrected chi connectivity index (χ4v) is 3.39. The van der Waals surface area contributed by atoms with E-state index in [0.717, 1.165) is 37.8 Å². The molecule has 0 aromatic carbocycles. The third-order valence-electron chi connectivity index (χ3n) is 4.02. The van der Waals surface area contributed by atoms with Gasteiger partial charge in [0.1, 0.15) is 15.7 Å². The van der Waals surface area contributed by atoms with Crippen LogP contribution in [0, 0.1) is 0 Å². The minimum absolute atomic E-state index is 0.0308. The van der Waals surface area contributed by atoms with Gasteiger partial charge in [0.25, 0.3) is 0 Å². The molecule has 0 amide bonds. The van der Waals surface area contributed by atoms with Crippen LogP contribution in [0.4, 0.5) is 5.82 Å². The van der Waals surface area contributed by atoms with E-state index in [0.29, 0.717) is 18.2 Å². The SMILES string of the molecule is CCNC(=NCCOCCS(C)(=O)=O)NC1CCN(c2ncccc2Cl)C1. The lowest BCUT2D eigenvalue weighted by atomic mass is 10.3. The number of guanidine groups is 1. The molecule has 0 bridgehead atoms. The molecular weight excluding hydrogens is 390 g/mol. The van der Waals surface area contributed by atoms with Gasteiger partial charge in [0.2, 0.25) is 0 Å². The van der Waals surface area contributed by atoms with Gasteiger partial charge >= 0.3 is 0 Å². The summed E-state index contributed by atoms with van der Waals surface area (Å²) in [6.45, 7) is 5.47. The van der Waals surface area contributed by atoms with Crippen molar-refractivity contribution in [3.8, 4) is 0 Å². The molecule has 2 N–H and O–H groups in total. The maximum atomic E-state index is 11.1. The van der Waals surface area contributed by atoms with Crippen LogP contribution in [-0.4, -0.2) is 76.8 Å². The maximum absolute atomic E-state index is 11.1. The summed E-state index contributed by atoms with van der Waals surface area (Å²) in [6, 6.07) is 3.91. The van der Waals surface area contributed by atoms with Gasteiger partial charge in [-0.25, -0.2) is 13.4 Å². The lowest BCUT2D eigenvalue weighted by molar-refractivity contribution is 0.157. The highest BCUT2D eigenvalue weighted by Crippen LogP contribution is 2.25. The minimum atomic E-state index is -2.99. The van der Waals surface area contributed by atoms with Crippen molar-refractivity contribution in [1.82, 2.24) is 15.6 Å². The lowest BCUT2D eigenvalue weighted by Crippen LogP contribution is -2.44. The molecule has 0 spiro atoms. The Labute approximate surface area is 166 Å². The molecule has 0 aliphatic carbocycles. The molecule has 0 radical (unpaired) electrons. The molecular formula is C17H28ClN5O3S. The predicted octanol–water partition coefficient (Wildman–Crippen LogP) is 0.930. The second-order valence-corrected chi connectivity index (χ2v) is 9.05. The summed E-state index contributed by atoms with van der Waals surface area (Å²) in [6.07, 6.45) is 3.91. The molecule has 1 aliphatic rings. The zero-order valence-electron chi connectivity index (χ0n) is 15.8. The Morgan fingerprint density at radius 3 is 3.00 bits per heavy atom. The van der Waals surface area contributed by atoms with Gasteiger partial charge in [-0.3, -0.25) is 4.99 Å². The van der Waals surface area contributed by atoms with E-state index in [1.807, 2.05) is 19.1 Å². The molecule has 1 saturated heterocycles. The summed E-state index contributed by atoms with van der Waals surface area (Å²) in [5, 5.41) is 7.30. The van der Waals surface area contributed by atoms with Crippen LogP contribution in [0.2, 0.25) is 5.02 Å². The van der Waals surface area contributed by atoms with E-state index in [1.165, 1.54) is 6.26 Å². The van der Waals surface area contributed by atoms with Crippen molar-refractivity contribution in [3.63, 3.8) is 0 Å². The summed E-state index contributed by atoms with van der Waals surface area (Å²) in [4.78, 5) is 11.0. The number of rotatable bonds is 9. The van der Waals surface area contributed by atoms with Crippen LogP contribution in [0.5, 0.6) is 0 Å². The van der Waals surface area contributed by atoms with E-state index in [4.69, 9.17) is 16.3 Å². The lowest BCUT2D eigenvalue weighted by Gasteiger charge is -2.20. The van der Waals surface area contributed by atoms with Crippen LogP contribution in [0.25, 0.3) is 0 Å². The van der Waals surface area contributed by atoms with E-state index < -0.39 is 9.84 Å². The number of hydrogen-bond acceptors (Lipinski definition) is 6. The molecule has 27 heavy (non-hydrogen) atoms. The number of aliphatic imine (C=N–C) groups is 1. The summed E-state index contributed by atoms with van der Waals surface area (Å²) >= 11 is 6.23. The number of ether oxygens (including phenoxy) is 1. The molecule has 1 aromatic heterocycles. The first-order valence-electron chi connectivity index (χ1n) is 9.05. The number of nitrogens with zero attached hydrogens (tertiary/aromatic N) is 3. The average Bonchev–Trinajstić information content (AvgIpc) is 3.06. The Balaban J connectivity index is 1.79. The number of hydrogen-bond donors (Lipinski definition) is 2. The fraction of sp³-hybridized carbons (Fsp3) is 0.647. The van der Waals surface area contributed by atoms with Gasteiger partial charge in [0.15, 0.2) is 5.96 Å². The number of halogens is 1. The predicted molar refractivity (Wildman–Crippen MR) is 110 cm³/mol. The van der Waals surface area contributed by atoms with Crippen molar-refractivity contribution in [2.75, 3.05) is 56.3 Å². The number of aromatic nitrogens is 1. The normalized spacial score (nSPS) is 18.0. The van der Waals surface area contributed by atoms with Crippen molar-refractivity contribution in [2.24, 2.45) is 4.99 Å². The van der Waals surface area contributed by atoms with Crippen molar-refractivity contribution >= 4 is 33.2 Å². The zero-order valence-corrected chi connectivity index (χ0v) is 17.4. The van der Waals surface area contributed by atoms with E-state index in [-0.39, 0.29) is 18.4 Å². The molecule has 8 nitrogen and oxygen atoms in total. The minimum Gasteiger partial charge on any atom is -0.378 e. The molecule has 0 saturated carbocycles. The molecule has 2 heterocycles. The highest BCUT2D eigenvalue weighted by Gasteiger charge is 2.25. The van der Waals surface area contributed by atoms with Crippen LogP contribution in [-0.2, 0) is 14.6 Å².